The third-order valence-electron chi connectivity index (χ3n) is 4.50. The van der Waals surface area contributed by atoms with Crippen molar-refractivity contribution >= 4 is 0 Å². The van der Waals surface area contributed by atoms with Crippen LogP contribution in [0.2, 0.25) is 0 Å². The largest absolute Gasteiger partial charge is 0.484 e. The standard InChI is InChI=1S/C25H20F2N2O3/c26-20-11-12-23(22(27)13-20)31-17-21-14-24(30-15-18-7-3-1-4-8-18)25(29-28-21)32-16-19-9-5-2-6-10-19/h1-14H,15-17H2. The van der Waals surface area contributed by atoms with Gasteiger partial charge in [-0.25, -0.2) is 8.78 Å². The van der Waals surface area contributed by atoms with Crippen LogP contribution in [0, 0.1) is 11.6 Å². The summed E-state index contributed by atoms with van der Waals surface area (Å²) in [6.07, 6.45) is 0. The Hall–Kier alpha value is -4.00. The summed E-state index contributed by atoms with van der Waals surface area (Å²) in [6.45, 7) is 0.533. The fourth-order valence-electron chi connectivity index (χ4n) is 2.88. The normalized spacial score (nSPS) is 10.6. The van der Waals surface area contributed by atoms with Gasteiger partial charge in [-0.1, -0.05) is 60.7 Å². The average molecular weight is 434 g/mol. The van der Waals surface area contributed by atoms with E-state index in [9.17, 15) is 8.78 Å². The van der Waals surface area contributed by atoms with E-state index in [4.69, 9.17) is 14.2 Å². The van der Waals surface area contributed by atoms with Gasteiger partial charge < -0.3 is 14.2 Å². The number of halogens is 2. The highest BCUT2D eigenvalue weighted by atomic mass is 19.1. The fourth-order valence-corrected chi connectivity index (χ4v) is 2.88. The molecule has 0 bridgehead atoms. The van der Waals surface area contributed by atoms with Gasteiger partial charge in [0.2, 0.25) is 0 Å². The highest BCUT2D eigenvalue weighted by Gasteiger charge is 2.13. The highest BCUT2D eigenvalue weighted by molar-refractivity contribution is 5.34. The second-order valence-electron chi connectivity index (χ2n) is 6.92. The molecule has 7 heteroatoms. The smallest absolute Gasteiger partial charge is 0.276 e. The molecule has 0 spiro atoms. The molecule has 0 fully saturated rings. The van der Waals surface area contributed by atoms with E-state index in [1.54, 1.807) is 6.07 Å². The Bertz CT molecular complexity index is 1160. The van der Waals surface area contributed by atoms with E-state index in [-0.39, 0.29) is 18.2 Å². The first-order valence-electron chi connectivity index (χ1n) is 9.95. The number of ether oxygens (including phenoxy) is 3. The lowest BCUT2D eigenvalue weighted by Gasteiger charge is -2.13. The minimum atomic E-state index is -0.790. The summed E-state index contributed by atoms with van der Waals surface area (Å²) in [5.41, 5.74) is 2.36. The minimum absolute atomic E-state index is 0.0732. The Morgan fingerprint density at radius 2 is 1.22 bits per heavy atom. The van der Waals surface area contributed by atoms with E-state index >= 15 is 0 Å². The van der Waals surface area contributed by atoms with Gasteiger partial charge in [0.05, 0.1) is 0 Å². The van der Waals surface area contributed by atoms with Crippen LogP contribution < -0.4 is 14.2 Å². The molecule has 3 aromatic carbocycles. The number of rotatable bonds is 9. The zero-order chi connectivity index (χ0) is 22.2. The van der Waals surface area contributed by atoms with Gasteiger partial charge in [-0.15, -0.1) is 10.2 Å². The monoisotopic (exact) mass is 434 g/mol. The number of nitrogens with zero attached hydrogens (tertiary/aromatic N) is 2. The van der Waals surface area contributed by atoms with Gasteiger partial charge in [0, 0.05) is 12.1 Å². The summed E-state index contributed by atoms with van der Waals surface area (Å²) in [7, 11) is 0. The van der Waals surface area contributed by atoms with Gasteiger partial charge in [-0.3, -0.25) is 0 Å². The number of hydrogen-bond acceptors (Lipinski definition) is 5. The van der Waals surface area contributed by atoms with E-state index in [0.717, 1.165) is 23.3 Å². The van der Waals surface area contributed by atoms with Crippen molar-refractivity contribution in [2.45, 2.75) is 19.8 Å². The number of aromatic nitrogens is 2. The third kappa shape index (κ3) is 5.78. The molecule has 0 aliphatic heterocycles. The molecule has 32 heavy (non-hydrogen) atoms. The SMILES string of the molecule is Fc1ccc(OCc2cc(OCc3ccccc3)c(OCc3ccccc3)nn2)c(F)c1. The molecule has 0 saturated heterocycles. The van der Waals surface area contributed by atoms with Crippen molar-refractivity contribution in [2.24, 2.45) is 0 Å². The van der Waals surface area contributed by atoms with Gasteiger partial charge in [0.1, 0.15) is 31.3 Å². The Balaban J connectivity index is 1.49. The summed E-state index contributed by atoms with van der Waals surface area (Å²) in [5.74, 6) is -0.920. The first kappa shape index (κ1) is 21.2. The van der Waals surface area contributed by atoms with Crippen molar-refractivity contribution in [1.82, 2.24) is 10.2 Å². The quantitative estimate of drug-likeness (QED) is 0.349. The predicted molar refractivity (Wildman–Crippen MR) is 114 cm³/mol. The lowest BCUT2D eigenvalue weighted by atomic mass is 10.2. The maximum absolute atomic E-state index is 13.8. The Morgan fingerprint density at radius 3 is 1.88 bits per heavy atom. The van der Waals surface area contributed by atoms with Crippen LogP contribution in [0.15, 0.2) is 84.9 Å². The second kappa shape index (κ2) is 10.3. The van der Waals surface area contributed by atoms with Crippen molar-refractivity contribution in [3.8, 4) is 17.4 Å². The predicted octanol–water partition coefficient (Wildman–Crippen LogP) is 5.49. The van der Waals surface area contributed by atoms with Gasteiger partial charge in [-0.2, -0.15) is 0 Å². The first-order chi connectivity index (χ1) is 15.7. The van der Waals surface area contributed by atoms with Crippen LogP contribution in [0.1, 0.15) is 16.8 Å². The van der Waals surface area contributed by atoms with E-state index in [0.29, 0.717) is 24.7 Å². The molecular weight excluding hydrogens is 414 g/mol. The third-order valence-corrected chi connectivity index (χ3v) is 4.50. The van der Waals surface area contributed by atoms with E-state index < -0.39 is 11.6 Å². The molecule has 0 radical (unpaired) electrons. The van der Waals surface area contributed by atoms with Crippen LogP contribution in [0.4, 0.5) is 8.78 Å². The molecule has 162 valence electrons. The lowest BCUT2D eigenvalue weighted by molar-refractivity contribution is 0.239. The van der Waals surface area contributed by atoms with Gasteiger partial charge in [0.25, 0.3) is 5.88 Å². The zero-order valence-corrected chi connectivity index (χ0v) is 17.1. The zero-order valence-electron chi connectivity index (χ0n) is 17.1. The summed E-state index contributed by atoms with van der Waals surface area (Å²) in [6, 6.07) is 24.1. The first-order valence-corrected chi connectivity index (χ1v) is 9.95. The molecule has 0 saturated carbocycles. The van der Waals surface area contributed by atoms with Crippen LogP contribution in [-0.2, 0) is 19.8 Å². The molecule has 0 atom stereocenters. The van der Waals surface area contributed by atoms with Crippen LogP contribution in [0.5, 0.6) is 17.4 Å². The summed E-state index contributed by atoms with van der Waals surface area (Å²) < 4.78 is 44.1. The second-order valence-corrected chi connectivity index (χ2v) is 6.92. The molecular formula is C25H20F2N2O3. The Morgan fingerprint density at radius 1 is 0.594 bits per heavy atom. The van der Waals surface area contributed by atoms with Crippen LogP contribution in [0.25, 0.3) is 0 Å². The van der Waals surface area contributed by atoms with Gasteiger partial charge in [-0.05, 0) is 23.3 Å². The van der Waals surface area contributed by atoms with Crippen molar-refractivity contribution < 1.29 is 23.0 Å². The molecule has 0 unspecified atom stereocenters. The summed E-state index contributed by atoms with van der Waals surface area (Å²) in [5, 5.41) is 8.22. The average Bonchev–Trinajstić information content (AvgIpc) is 2.83. The molecule has 1 aromatic heterocycles. The topological polar surface area (TPSA) is 53.5 Å². The number of hydrogen-bond donors (Lipinski definition) is 0. The van der Waals surface area contributed by atoms with E-state index in [1.807, 2.05) is 60.7 Å². The lowest BCUT2D eigenvalue weighted by Crippen LogP contribution is -2.07. The minimum Gasteiger partial charge on any atom is -0.484 e. The maximum Gasteiger partial charge on any atom is 0.276 e. The summed E-state index contributed by atoms with van der Waals surface area (Å²) >= 11 is 0. The maximum atomic E-state index is 13.8. The fraction of sp³-hybridized carbons (Fsp3) is 0.120. The molecule has 4 aromatic rings. The van der Waals surface area contributed by atoms with Crippen LogP contribution >= 0.6 is 0 Å². The molecule has 4 rings (SSSR count). The van der Waals surface area contributed by atoms with Gasteiger partial charge >= 0.3 is 0 Å². The molecule has 0 aliphatic rings. The highest BCUT2D eigenvalue weighted by Crippen LogP contribution is 2.27. The molecule has 0 aliphatic carbocycles. The van der Waals surface area contributed by atoms with Crippen LogP contribution in [0.3, 0.4) is 0 Å². The van der Waals surface area contributed by atoms with E-state index in [1.165, 1.54) is 6.07 Å². The Labute approximate surface area is 184 Å². The molecule has 5 nitrogen and oxygen atoms in total. The molecule has 0 amide bonds. The number of benzene rings is 3. The van der Waals surface area contributed by atoms with Gasteiger partial charge in [0.15, 0.2) is 17.3 Å². The van der Waals surface area contributed by atoms with Crippen LogP contribution in [-0.4, -0.2) is 10.2 Å². The summed E-state index contributed by atoms with van der Waals surface area (Å²) in [4.78, 5) is 0. The molecule has 0 N–H and O–H groups in total. The Kier molecular flexibility index (Phi) is 6.87. The van der Waals surface area contributed by atoms with Crippen molar-refractivity contribution in [3.63, 3.8) is 0 Å². The molecule has 1 heterocycles. The van der Waals surface area contributed by atoms with Crippen molar-refractivity contribution in [2.75, 3.05) is 0 Å². The van der Waals surface area contributed by atoms with E-state index in [2.05, 4.69) is 10.2 Å². The van der Waals surface area contributed by atoms with Crippen molar-refractivity contribution in [3.05, 3.63) is 113 Å². The van der Waals surface area contributed by atoms with Crippen molar-refractivity contribution in [1.29, 1.82) is 0 Å².